The van der Waals surface area contributed by atoms with E-state index in [0.717, 1.165) is 25.7 Å². The molecule has 0 amide bonds. The first-order chi connectivity index (χ1) is 14.8. The lowest BCUT2D eigenvalue weighted by molar-refractivity contribution is -0.257. The van der Waals surface area contributed by atoms with Gasteiger partial charge < -0.3 is 24.1 Å². The zero-order chi connectivity index (χ0) is 21.6. The molecule has 6 rings (SSSR count). The third-order valence-corrected chi connectivity index (χ3v) is 10.1. The molecule has 5 fully saturated rings. The molecule has 0 bridgehead atoms. The van der Waals surface area contributed by atoms with Crippen LogP contribution in [-0.2, 0) is 23.7 Å². The van der Waals surface area contributed by atoms with E-state index in [-0.39, 0.29) is 36.1 Å². The van der Waals surface area contributed by atoms with Crippen molar-refractivity contribution in [1.82, 2.24) is 0 Å². The first-order valence-corrected chi connectivity index (χ1v) is 11.9. The summed E-state index contributed by atoms with van der Waals surface area (Å²) in [5, 5.41) is 11.7. The molecule has 1 N–H and O–H groups in total. The molecule has 3 saturated carbocycles. The smallest absolute Gasteiger partial charge is 0.226 e. The number of hydrogen-bond donors (Lipinski definition) is 1. The second-order valence-corrected chi connectivity index (χ2v) is 11.1. The number of allylic oxidation sites excluding steroid dienone is 4. The molecule has 6 aliphatic rings. The van der Waals surface area contributed by atoms with Gasteiger partial charge in [-0.2, -0.15) is 0 Å². The Morgan fingerprint density at radius 3 is 2.74 bits per heavy atom. The van der Waals surface area contributed by atoms with Crippen LogP contribution >= 0.6 is 0 Å². The molecule has 0 aromatic heterocycles. The highest BCUT2D eigenvalue weighted by Crippen LogP contribution is 2.71. The molecule has 9 atom stereocenters. The highest BCUT2D eigenvalue weighted by Gasteiger charge is 2.76. The standard InChI is InChI=1S/C25H34O6/c1-4-15-9-17-18-6-8-24(25(31-14-29-24)12-28-13-30-25)23(18,3)11-20(27)21(17)22(2)7-5-16(26)10-19(15)22/h5,7,10,15,17-18,20-21,27H,4,6,8-9,11-14H2,1-3H3/t15-,17-,18-,20-,21+,22-,23-,24+,25?/m0/s1. The maximum atomic E-state index is 12.2. The third-order valence-electron chi connectivity index (χ3n) is 10.1. The highest BCUT2D eigenvalue weighted by molar-refractivity contribution is 6.01. The SMILES string of the molecule is CC[C@H]1C[C@@H]2[C@H]([C@@H](O)C[C@@]3(C)[C@H]2CC[C@@]32OCOC23COCO3)[C@@]2(C)C=CC(=O)C=C12. The largest absolute Gasteiger partial charge is 0.393 e. The van der Waals surface area contributed by atoms with Gasteiger partial charge in [0.15, 0.2) is 19.4 Å². The minimum absolute atomic E-state index is 0.0798. The fourth-order valence-electron chi connectivity index (χ4n) is 8.91. The summed E-state index contributed by atoms with van der Waals surface area (Å²) >= 11 is 0. The highest BCUT2D eigenvalue weighted by atomic mass is 16.9. The Morgan fingerprint density at radius 2 is 2.00 bits per heavy atom. The van der Waals surface area contributed by atoms with E-state index in [1.807, 2.05) is 6.08 Å². The van der Waals surface area contributed by atoms with Crippen molar-refractivity contribution in [3.63, 3.8) is 0 Å². The molecule has 6 nitrogen and oxygen atoms in total. The molecular weight excluding hydrogens is 396 g/mol. The molecule has 2 saturated heterocycles. The number of aliphatic hydroxyl groups is 1. The van der Waals surface area contributed by atoms with Crippen LogP contribution in [0.4, 0.5) is 0 Å². The molecule has 2 heterocycles. The predicted octanol–water partition coefficient (Wildman–Crippen LogP) is 3.34. The van der Waals surface area contributed by atoms with Crippen LogP contribution in [-0.4, -0.2) is 48.6 Å². The second kappa shape index (κ2) is 6.51. The number of ether oxygens (including phenoxy) is 4. The van der Waals surface area contributed by atoms with E-state index < -0.39 is 17.5 Å². The molecule has 2 aliphatic heterocycles. The van der Waals surface area contributed by atoms with E-state index in [9.17, 15) is 9.90 Å². The lowest BCUT2D eigenvalue weighted by Gasteiger charge is -2.62. The zero-order valence-electron chi connectivity index (χ0n) is 18.8. The lowest BCUT2D eigenvalue weighted by Crippen LogP contribution is -2.66. The third kappa shape index (κ3) is 2.33. The van der Waals surface area contributed by atoms with Gasteiger partial charge in [0.05, 0.1) is 6.10 Å². The van der Waals surface area contributed by atoms with Gasteiger partial charge in [-0.05, 0) is 62.0 Å². The van der Waals surface area contributed by atoms with Gasteiger partial charge >= 0.3 is 0 Å². The van der Waals surface area contributed by atoms with Crippen molar-refractivity contribution in [2.24, 2.45) is 34.5 Å². The molecule has 1 unspecified atom stereocenters. The maximum Gasteiger partial charge on any atom is 0.226 e. The fraction of sp³-hybridized carbons (Fsp3) is 0.800. The van der Waals surface area contributed by atoms with Crippen LogP contribution in [0.1, 0.15) is 52.9 Å². The van der Waals surface area contributed by atoms with Gasteiger partial charge in [-0.25, -0.2) is 0 Å². The number of carbonyl (C=O) groups excluding carboxylic acids is 1. The van der Waals surface area contributed by atoms with E-state index in [2.05, 4.69) is 26.8 Å². The number of hydrogen-bond acceptors (Lipinski definition) is 6. The first-order valence-electron chi connectivity index (χ1n) is 11.9. The molecule has 6 heteroatoms. The summed E-state index contributed by atoms with van der Waals surface area (Å²) in [7, 11) is 0. The van der Waals surface area contributed by atoms with Gasteiger partial charge in [-0.1, -0.05) is 32.4 Å². The van der Waals surface area contributed by atoms with Crippen molar-refractivity contribution in [3.05, 3.63) is 23.8 Å². The van der Waals surface area contributed by atoms with Gasteiger partial charge in [0.2, 0.25) is 5.79 Å². The zero-order valence-corrected chi connectivity index (χ0v) is 18.8. The van der Waals surface area contributed by atoms with Gasteiger partial charge in [0, 0.05) is 16.7 Å². The molecular formula is C25H34O6. The molecule has 0 aromatic rings. The maximum absolute atomic E-state index is 12.2. The summed E-state index contributed by atoms with van der Waals surface area (Å²) < 4.78 is 24.2. The minimum atomic E-state index is -0.867. The second-order valence-electron chi connectivity index (χ2n) is 11.1. The van der Waals surface area contributed by atoms with E-state index in [4.69, 9.17) is 18.9 Å². The number of fused-ring (bicyclic) bond motifs is 7. The Kier molecular flexibility index (Phi) is 4.31. The van der Waals surface area contributed by atoms with Gasteiger partial charge in [0.1, 0.15) is 12.2 Å². The molecule has 4 aliphatic carbocycles. The van der Waals surface area contributed by atoms with Crippen LogP contribution in [0, 0.1) is 34.5 Å². The van der Waals surface area contributed by atoms with E-state index in [1.165, 1.54) is 5.57 Å². The van der Waals surface area contributed by atoms with Crippen LogP contribution in [0.2, 0.25) is 0 Å². The lowest BCUT2D eigenvalue weighted by atomic mass is 9.44. The molecule has 31 heavy (non-hydrogen) atoms. The Hall–Kier alpha value is -1.05. The quantitative estimate of drug-likeness (QED) is 0.688. The Bertz CT molecular complexity index is 853. The summed E-state index contributed by atoms with van der Waals surface area (Å²) in [6.07, 6.45) is 9.74. The molecule has 170 valence electrons. The number of carbonyl (C=O) groups is 1. The first kappa shape index (κ1) is 20.5. The van der Waals surface area contributed by atoms with Gasteiger partial charge in [0.25, 0.3) is 0 Å². The van der Waals surface area contributed by atoms with Crippen molar-refractivity contribution in [2.75, 3.05) is 20.2 Å². The Morgan fingerprint density at radius 1 is 1.19 bits per heavy atom. The normalized spacial score (nSPS) is 55.4. The summed E-state index contributed by atoms with van der Waals surface area (Å²) in [5.41, 5.74) is 0.0983. The monoisotopic (exact) mass is 430 g/mol. The van der Waals surface area contributed by atoms with Crippen LogP contribution in [0.25, 0.3) is 0 Å². The molecule has 0 radical (unpaired) electrons. The average Bonchev–Trinajstić information content (AvgIpc) is 3.43. The van der Waals surface area contributed by atoms with Crippen LogP contribution in [0.15, 0.2) is 23.8 Å². The van der Waals surface area contributed by atoms with E-state index in [1.54, 1.807) is 6.08 Å². The molecule has 2 spiro atoms. The summed E-state index contributed by atoms with van der Waals surface area (Å²) in [6, 6.07) is 0. The van der Waals surface area contributed by atoms with Crippen LogP contribution in [0.5, 0.6) is 0 Å². The summed E-state index contributed by atoms with van der Waals surface area (Å²) in [4.78, 5) is 12.2. The van der Waals surface area contributed by atoms with Gasteiger partial charge in [-0.15, -0.1) is 0 Å². The summed E-state index contributed by atoms with van der Waals surface area (Å²) in [5.74, 6) is 0.457. The Balaban J connectivity index is 1.44. The molecule has 0 aromatic carbocycles. The van der Waals surface area contributed by atoms with E-state index in [0.29, 0.717) is 30.8 Å². The van der Waals surface area contributed by atoms with Crippen molar-refractivity contribution >= 4 is 5.78 Å². The summed E-state index contributed by atoms with van der Waals surface area (Å²) in [6.45, 7) is 7.56. The van der Waals surface area contributed by atoms with Crippen molar-refractivity contribution in [2.45, 2.75) is 70.4 Å². The topological polar surface area (TPSA) is 74.2 Å². The number of ketones is 1. The number of rotatable bonds is 1. The van der Waals surface area contributed by atoms with Crippen molar-refractivity contribution in [1.29, 1.82) is 0 Å². The minimum Gasteiger partial charge on any atom is -0.393 e. The van der Waals surface area contributed by atoms with Gasteiger partial charge in [-0.3, -0.25) is 4.79 Å². The Labute approximate surface area is 183 Å². The fourth-order valence-corrected chi connectivity index (χ4v) is 8.91. The van der Waals surface area contributed by atoms with E-state index >= 15 is 0 Å². The van der Waals surface area contributed by atoms with Crippen LogP contribution in [0.3, 0.4) is 0 Å². The average molecular weight is 431 g/mol. The van der Waals surface area contributed by atoms with Crippen LogP contribution < -0.4 is 0 Å². The number of aliphatic hydroxyl groups excluding tert-OH is 1. The van der Waals surface area contributed by atoms with Crippen molar-refractivity contribution in [3.8, 4) is 0 Å². The van der Waals surface area contributed by atoms with Crippen molar-refractivity contribution < 1.29 is 28.8 Å². The predicted molar refractivity (Wildman–Crippen MR) is 112 cm³/mol.